The molecule has 3 rings (SSSR count). The zero-order chi connectivity index (χ0) is 19.5. The van der Waals surface area contributed by atoms with Crippen molar-refractivity contribution in [3.63, 3.8) is 0 Å². The average Bonchev–Trinajstić information content (AvgIpc) is 2.71. The monoisotopic (exact) mass is 394 g/mol. The predicted octanol–water partition coefficient (Wildman–Crippen LogP) is 4.97. The summed E-state index contributed by atoms with van der Waals surface area (Å²) < 4.78 is 65.3. The molecule has 0 aliphatic carbocycles. The molecule has 6 heteroatoms. The molecule has 0 aliphatic heterocycles. The third-order valence-corrected chi connectivity index (χ3v) is 10.9. The Kier molecular flexibility index (Phi) is 5.25. The number of benzene rings is 3. The first kappa shape index (κ1) is 19.4. The maximum atomic E-state index is 15.0. The zero-order valence-electron chi connectivity index (χ0n) is 14.6. The van der Waals surface area contributed by atoms with Crippen LogP contribution in [0.15, 0.2) is 84.9 Å². The van der Waals surface area contributed by atoms with Crippen LogP contribution in [0.4, 0.5) is 17.6 Å². The second-order valence-electron chi connectivity index (χ2n) is 6.18. The molecule has 3 aromatic carbocycles. The predicted molar refractivity (Wildman–Crippen MR) is 104 cm³/mol. The summed E-state index contributed by atoms with van der Waals surface area (Å²) in [5, 5.41) is -0.140. The van der Waals surface area contributed by atoms with Gasteiger partial charge in [-0.25, -0.2) is 0 Å². The molecule has 0 aliphatic rings. The summed E-state index contributed by atoms with van der Waals surface area (Å²) >= 11 is 0. The average molecular weight is 394 g/mol. The second kappa shape index (κ2) is 7.32. The number of alkyl halides is 4. The molecule has 0 fully saturated rings. The summed E-state index contributed by atoms with van der Waals surface area (Å²) in [5.74, 6) is 0.417. The Hall–Kier alpha value is -2.39. The van der Waals surface area contributed by atoms with Gasteiger partial charge in [0.2, 0.25) is 0 Å². The van der Waals surface area contributed by atoms with Crippen LogP contribution >= 0.6 is 6.60 Å². The Labute approximate surface area is 155 Å². The van der Waals surface area contributed by atoms with E-state index in [9.17, 15) is 0 Å². The van der Waals surface area contributed by atoms with E-state index in [2.05, 4.69) is 0 Å². The van der Waals surface area contributed by atoms with Gasteiger partial charge in [0.15, 0.2) is 0 Å². The Bertz CT molecular complexity index is 832. The fourth-order valence-corrected chi connectivity index (χ4v) is 8.45. The molecular weight excluding hydrogens is 375 g/mol. The van der Waals surface area contributed by atoms with Crippen LogP contribution in [-0.4, -0.2) is 19.4 Å². The molecule has 0 unspecified atom stereocenters. The summed E-state index contributed by atoms with van der Waals surface area (Å²) in [5.41, 5.74) is 0. The SMILES string of the molecule is COc1ccc(P(c2ccccc2)(c2ccccc2)(C(F)F)C(F)F)cc1. The van der Waals surface area contributed by atoms with Crippen molar-refractivity contribution in [1.82, 2.24) is 0 Å². The van der Waals surface area contributed by atoms with Crippen LogP contribution in [0, 0.1) is 0 Å². The van der Waals surface area contributed by atoms with E-state index in [1.807, 2.05) is 0 Å². The molecule has 3 aromatic rings. The summed E-state index contributed by atoms with van der Waals surface area (Å²) in [6.45, 7) is -5.40. The molecule has 0 amide bonds. The Morgan fingerprint density at radius 2 is 0.963 bits per heavy atom. The van der Waals surface area contributed by atoms with Crippen molar-refractivity contribution in [2.24, 2.45) is 0 Å². The van der Waals surface area contributed by atoms with Gasteiger partial charge in [-0.1, -0.05) is 0 Å². The minimum atomic E-state index is -5.40. The van der Waals surface area contributed by atoms with Gasteiger partial charge in [-0.05, 0) is 0 Å². The fourth-order valence-electron chi connectivity index (χ4n) is 3.61. The molecule has 1 nitrogen and oxygen atoms in total. The standard InChI is InChI=1S/C21H19F4OP/c1-26-16-12-14-19(15-13-16)27(20(22)23,21(24)25,17-8-4-2-5-9-17)18-10-6-3-7-11-18/h2-15,20-21H,1H3. The molecule has 0 atom stereocenters. The third kappa shape index (κ3) is 2.56. The number of methoxy groups -OCH3 is 1. The normalized spacial score (nSPS) is 13.4. The number of hydrogen-bond donors (Lipinski definition) is 0. The van der Waals surface area contributed by atoms with Crippen molar-refractivity contribution >= 4 is 22.5 Å². The molecule has 0 bridgehead atoms. The summed E-state index contributed by atoms with van der Waals surface area (Å²) in [7, 11) is 1.43. The van der Waals surface area contributed by atoms with Crippen LogP contribution in [0.3, 0.4) is 0 Å². The number of halogens is 4. The Morgan fingerprint density at radius 3 is 1.30 bits per heavy atom. The van der Waals surface area contributed by atoms with Crippen LogP contribution in [-0.2, 0) is 0 Å². The van der Waals surface area contributed by atoms with E-state index in [1.165, 1.54) is 79.9 Å². The summed E-state index contributed by atoms with van der Waals surface area (Å²) in [6.07, 6.45) is -6.57. The van der Waals surface area contributed by atoms with Crippen LogP contribution in [0.1, 0.15) is 0 Å². The quantitative estimate of drug-likeness (QED) is 0.424. The van der Waals surface area contributed by atoms with Crippen molar-refractivity contribution in [1.29, 1.82) is 0 Å². The fraction of sp³-hybridized carbons (Fsp3) is 0.143. The van der Waals surface area contributed by atoms with Crippen LogP contribution < -0.4 is 20.7 Å². The molecule has 142 valence electrons. The van der Waals surface area contributed by atoms with Crippen molar-refractivity contribution < 1.29 is 22.3 Å². The first-order chi connectivity index (χ1) is 13.0. The molecule has 0 saturated carbocycles. The first-order valence-corrected chi connectivity index (χ1v) is 10.7. The number of rotatable bonds is 6. The molecule has 0 heterocycles. The number of ether oxygens (including phenoxy) is 1. The van der Waals surface area contributed by atoms with Crippen LogP contribution in [0.2, 0.25) is 0 Å². The van der Waals surface area contributed by atoms with Gasteiger partial charge in [0.1, 0.15) is 0 Å². The second-order valence-corrected chi connectivity index (χ2v) is 11.0. The Balaban J connectivity index is 2.54. The topological polar surface area (TPSA) is 9.23 Å². The van der Waals surface area contributed by atoms with Gasteiger partial charge in [0, 0.05) is 0 Å². The molecule has 27 heavy (non-hydrogen) atoms. The van der Waals surface area contributed by atoms with E-state index < -0.39 is 18.9 Å². The van der Waals surface area contributed by atoms with Gasteiger partial charge in [-0.3, -0.25) is 0 Å². The molecule has 0 spiro atoms. The van der Waals surface area contributed by atoms with Crippen LogP contribution in [0.25, 0.3) is 0 Å². The van der Waals surface area contributed by atoms with Gasteiger partial charge in [0.25, 0.3) is 0 Å². The molecule has 0 N–H and O–H groups in total. The van der Waals surface area contributed by atoms with Crippen LogP contribution in [0.5, 0.6) is 5.75 Å². The van der Waals surface area contributed by atoms with Crippen molar-refractivity contribution in [2.75, 3.05) is 7.11 Å². The van der Waals surface area contributed by atoms with Gasteiger partial charge in [0.05, 0.1) is 0 Å². The van der Waals surface area contributed by atoms with E-state index in [4.69, 9.17) is 4.74 Å². The van der Waals surface area contributed by atoms with Crippen molar-refractivity contribution in [3.05, 3.63) is 84.9 Å². The molecule has 0 radical (unpaired) electrons. The summed E-state index contributed by atoms with van der Waals surface area (Å²) in [6, 6.07) is 20.5. The maximum absolute atomic E-state index is 15.0. The van der Waals surface area contributed by atoms with Gasteiger partial charge < -0.3 is 0 Å². The molecule has 0 aromatic heterocycles. The van der Waals surface area contributed by atoms with E-state index in [0.29, 0.717) is 5.75 Å². The first-order valence-electron chi connectivity index (χ1n) is 8.32. The van der Waals surface area contributed by atoms with E-state index in [1.54, 1.807) is 12.1 Å². The van der Waals surface area contributed by atoms with E-state index in [-0.39, 0.29) is 15.9 Å². The third-order valence-electron chi connectivity index (χ3n) is 5.06. The van der Waals surface area contributed by atoms with Crippen molar-refractivity contribution in [3.8, 4) is 5.75 Å². The molecule has 0 saturated heterocycles. The zero-order valence-corrected chi connectivity index (χ0v) is 15.5. The van der Waals surface area contributed by atoms with E-state index in [0.717, 1.165) is 0 Å². The molecular formula is C21H19F4OP. The van der Waals surface area contributed by atoms with Gasteiger partial charge in [-0.2, -0.15) is 0 Å². The van der Waals surface area contributed by atoms with E-state index >= 15 is 17.6 Å². The summed E-state index contributed by atoms with van der Waals surface area (Å²) in [4.78, 5) is 0. The Morgan fingerprint density at radius 1 is 0.593 bits per heavy atom. The minimum absolute atomic E-state index is 0.0372. The van der Waals surface area contributed by atoms with Gasteiger partial charge >= 0.3 is 155 Å². The van der Waals surface area contributed by atoms with Crippen molar-refractivity contribution in [2.45, 2.75) is 12.3 Å². The number of hydrogen-bond acceptors (Lipinski definition) is 1. The van der Waals surface area contributed by atoms with Gasteiger partial charge in [-0.15, -0.1) is 0 Å².